The quantitative estimate of drug-likeness (QED) is 0.297. The number of thiazole rings is 1. The molecule has 2 aliphatic heterocycles. The van der Waals surface area contributed by atoms with Crippen LogP contribution in [0.15, 0.2) is 78.2 Å². The minimum atomic E-state index is -4.04. The molecule has 218 valence electrons. The van der Waals surface area contributed by atoms with Crippen LogP contribution in [0.5, 0.6) is 0 Å². The fourth-order valence-corrected chi connectivity index (χ4v) is 9.42. The molecule has 2 N–H and O–H groups in total. The summed E-state index contributed by atoms with van der Waals surface area (Å²) in [6.45, 7) is 5.81. The van der Waals surface area contributed by atoms with Crippen LogP contribution in [0.25, 0.3) is 21.6 Å². The molecule has 0 radical (unpaired) electrons. The lowest BCUT2D eigenvalue weighted by molar-refractivity contribution is -0.0551. The first kappa shape index (κ1) is 27.9. The van der Waals surface area contributed by atoms with Crippen molar-refractivity contribution in [3.8, 4) is 10.6 Å². The SMILES string of the molecule is CC1(S(=O)(=O)n2ccc3c(-c4ncc(C5(N)COC5)s4)ccnc32)C=C(Cl)C=CC1c1ccc(CN2CCCC2)cc1. The van der Waals surface area contributed by atoms with Gasteiger partial charge in [-0.05, 0) is 68.3 Å². The summed E-state index contributed by atoms with van der Waals surface area (Å²) in [6.07, 6.45) is 12.8. The van der Waals surface area contributed by atoms with Crippen molar-refractivity contribution in [2.45, 2.75) is 42.5 Å². The Morgan fingerprint density at radius 1 is 1.12 bits per heavy atom. The van der Waals surface area contributed by atoms with E-state index in [1.807, 2.05) is 24.3 Å². The third-order valence-corrected chi connectivity index (χ3v) is 12.5. The molecule has 8 nitrogen and oxygen atoms in total. The molecule has 1 aliphatic carbocycles. The maximum absolute atomic E-state index is 14.6. The van der Waals surface area contributed by atoms with E-state index < -0.39 is 26.2 Å². The van der Waals surface area contributed by atoms with E-state index in [9.17, 15) is 8.42 Å². The Kier molecular flexibility index (Phi) is 6.92. The molecule has 1 aromatic carbocycles. The second-order valence-corrected chi connectivity index (χ2v) is 15.4. The first-order valence-corrected chi connectivity index (χ1v) is 16.7. The van der Waals surface area contributed by atoms with Crippen molar-refractivity contribution in [3.63, 3.8) is 0 Å². The van der Waals surface area contributed by atoms with E-state index in [1.165, 1.54) is 33.7 Å². The number of nitrogens with zero attached hydrogens (tertiary/aromatic N) is 4. The Bertz CT molecular complexity index is 1820. The second-order valence-electron chi connectivity index (χ2n) is 11.7. The van der Waals surface area contributed by atoms with Gasteiger partial charge in [0.25, 0.3) is 0 Å². The number of fused-ring (bicyclic) bond motifs is 1. The maximum atomic E-state index is 14.6. The number of allylic oxidation sites excluding steroid dienone is 3. The lowest BCUT2D eigenvalue weighted by Gasteiger charge is -2.36. The predicted octanol–water partition coefficient (Wildman–Crippen LogP) is 5.35. The number of pyridine rings is 1. The average molecular weight is 622 g/mol. The first-order valence-electron chi connectivity index (χ1n) is 14.1. The van der Waals surface area contributed by atoms with Crippen LogP contribution in [-0.2, 0) is 26.8 Å². The summed E-state index contributed by atoms with van der Waals surface area (Å²) in [4.78, 5) is 12.5. The van der Waals surface area contributed by atoms with Gasteiger partial charge in [0.05, 0.1) is 18.8 Å². The Balaban J connectivity index is 1.25. The number of ether oxygens (including phenoxy) is 1. The van der Waals surface area contributed by atoms with E-state index in [-0.39, 0.29) is 0 Å². The molecular weight excluding hydrogens is 590 g/mol. The van der Waals surface area contributed by atoms with Gasteiger partial charge >= 0.3 is 0 Å². The van der Waals surface area contributed by atoms with E-state index in [4.69, 9.17) is 22.1 Å². The number of halogens is 1. The molecule has 2 fully saturated rings. The maximum Gasteiger partial charge on any atom is 0.250 e. The molecule has 0 amide bonds. The molecule has 0 bridgehead atoms. The minimum Gasteiger partial charge on any atom is -0.377 e. The number of hydrogen-bond donors (Lipinski definition) is 1. The van der Waals surface area contributed by atoms with Crippen LogP contribution >= 0.6 is 22.9 Å². The van der Waals surface area contributed by atoms with Gasteiger partial charge in [-0.15, -0.1) is 11.3 Å². The fraction of sp³-hybridized carbons (Fsp3) is 0.355. The van der Waals surface area contributed by atoms with E-state index >= 15 is 0 Å². The number of rotatable bonds is 7. The number of likely N-dealkylation sites (tertiary alicyclic amines) is 1. The molecular formula is C31H32ClN5O3S2. The number of benzene rings is 1. The molecule has 42 heavy (non-hydrogen) atoms. The van der Waals surface area contributed by atoms with Crippen molar-refractivity contribution in [1.82, 2.24) is 18.8 Å². The van der Waals surface area contributed by atoms with E-state index in [0.29, 0.717) is 29.3 Å². The van der Waals surface area contributed by atoms with Crippen molar-refractivity contribution in [2.24, 2.45) is 5.73 Å². The third-order valence-electron chi connectivity index (χ3n) is 8.75. The Morgan fingerprint density at radius 2 is 1.88 bits per heavy atom. The summed E-state index contributed by atoms with van der Waals surface area (Å²) in [5.74, 6) is -0.446. The van der Waals surface area contributed by atoms with Gasteiger partial charge in [-0.1, -0.05) is 41.9 Å². The van der Waals surface area contributed by atoms with Crippen molar-refractivity contribution >= 4 is 44.0 Å². The van der Waals surface area contributed by atoms with Gasteiger partial charge < -0.3 is 10.5 Å². The highest BCUT2D eigenvalue weighted by molar-refractivity contribution is 7.91. The number of aromatic nitrogens is 3. The summed E-state index contributed by atoms with van der Waals surface area (Å²) >= 11 is 7.97. The Hall–Kier alpha value is -2.86. The largest absolute Gasteiger partial charge is 0.377 e. The summed E-state index contributed by atoms with van der Waals surface area (Å²) in [7, 11) is -4.04. The normalized spacial score (nSPS) is 24.2. The van der Waals surface area contributed by atoms with Crippen LogP contribution in [0, 0.1) is 0 Å². The van der Waals surface area contributed by atoms with Crippen LogP contribution < -0.4 is 5.73 Å². The zero-order chi connectivity index (χ0) is 29.1. The van der Waals surface area contributed by atoms with Crippen molar-refractivity contribution in [1.29, 1.82) is 0 Å². The highest BCUT2D eigenvalue weighted by Crippen LogP contribution is 2.44. The van der Waals surface area contributed by atoms with Crippen LogP contribution in [0.1, 0.15) is 41.7 Å². The summed E-state index contributed by atoms with van der Waals surface area (Å²) in [5.41, 5.74) is 9.20. The number of nitrogens with two attached hydrogens (primary N) is 1. The van der Waals surface area contributed by atoms with Crippen LogP contribution in [-0.4, -0.2) is 58.3 Å². The molecule has 11 heteroatoms. The topological polar surface area (TPSA) is 103 Å². The summed E-state index contributed by atoms with van der Waals surface area (Å²) in [6, 6.07) is 12.0. The predicted molar refractivity (Wildman–Crippen MR) is 167 cm³/mol. The van der Waals surface area contributed by atoms with Gasteiger partial charge in [-0.3, -0.25) is 4.90 Å². The monoisotopic (exact) mass is 621 g/mol. The van der Waals surface area contributed by atoms with Gasteiger partial charge in [0.1, 0.15) is 9.75 Å². The molecule has 2 atom stereocenters. The van der Waals surface area contributed by atoms with E-state index in [1.54, 1.807) is 43.7 Å². The molecule has 2 saturated heterocycles. The summed E-state index contributed by atoms with van der Waals surface area (Å²) in [5, 5.41) is 1.84. The van der Waals surface area contributed by atoms with Crippen LogP contribution in [0.4, 0.5) is 0 Å². The molecule has 3 aliphatic rings. The lowest BCUT2D eigenvalue weighted by atomic mass is 9.83. The van der Waals surface area contributed by atoms with Gasteiger partial charge in [-0.2, -0.15) is 0 Å². The Morgan fingerprint density at radius 3 is 2.60 bits per heavy atom. The van der Waals surface area contributed by atoms with E-state index in [0.717, 1.165) is 40.6 Å². The number of hydrogen-bond acceptors (Lipinski definition) is 8. The van der Waals surface area contributed by atoms with Gasteiger partial charge in [0, 0.05) is 51.9 Å². The minimum absolute atomic E-state index is 0.346. The van der Waals surface area contributed by atoms with E-state index in [2.05, 4.69) is 27.0 Å². The molecule has 0 spiro atoms. The molecule has 2 unspecified atom stereocenters. The zero-order valence-electron chi connectivity index (χ0n) is 23.2. The molecule has 7 rings (SSSR count). The molecule has 5 heterocycles. The standard InChI is InChI=1S/C31H32ClN5O3S2/c1-30(16-23(32)8-9-26(30)22-6-4-21(5-7-22)18-36-13-2-3-14-36)42(38,39)37-15-11-24-25(10-12-34-28(24)37)29-35-17-27(41-29)31(33)19-40-20-31/h4-12,15-17,26H,2-3,13-14,18-20,33H2,1H3. The van der Waals surface area contributed by atoms with Gasteiger partial charge in [0.15, 0.2) is 5.65 Å². The average Bonchev–Trinajstić information content (AvgIpc) is 3.73. The van der Waals surface area contributed by atoms with Gasteiger partial charge in [0.2, 0.25) is 10.0 Å². The van der Waals surface area contributed by atoms with Crippen LogP contribution in [0.3, 0.4) is 0 Å². The summed E-state index contributed by atoms with van der Waals surface area (Å²) < 4.78 is 34.4. The highest BCUT2D eigenvalue weighted by Gasteiger charge is 2.47. The van der Waals surface area contributed by atoms with Crippen molar-refractivity contribution in [2.75, 3.05) is 26.3 Å². The molecule has 4 aromatic rings. The molecule has 0 saturated carbocycles. The fourth-order valence-electron chi connectivity index (χ4n) is 6.20. The van der Waals surface area contributed by atoms with Crippen molar-refractivity contribution in [3.05, 3.63) is 94.3 Å². The smallest absolute Gasteiger partial charge is 0.250 e. The van der Waals surface area contributed by atoms with Crippen LogP contribution in [0.2, 0.25) is 0 Å². The molecule has 3 aromatic heterocycles. The highest BCUT2D eigenvalue weighted by atomic mass is 35.5. The van der Waals surface area contributed by atoms with Gasteiger partial charge in [-0.25, -0.2) is 22.4 Å². The van der Waals surface area contributed by atoms with Crippen molar-refractivity contribution < 1.29 is 13.2 Å². The second kappa shape index (κ2) is 10.4. The zero-order valence-corrected chi connectivity index (χ0v) is 25.6. The lowest BCUT2D eigenvalue weighted by Crippen LogP contribution is -2.53. The third kappa shape index (κ3) is 4.56. The first-order chi connectivity index (χ1) is 20.2. The Labute approximate surface area is 254 Å².